The normalized spacial score (nSPS) is 17.8. The van der Waals surface area contributed by atoms with E-state index in [1.165, 1.54) is 0 Å². The molecular weight excluding hydrogens is 286 g/mol. The van der Waals surface area contributed by atoms with Crippen LogP contribution in [0.15, 0.2) is 24.3 Å². The minimum Gasteiger partial charge on any atom is -0.497 e. The number of hydrogen-bond acceptors (Lipinski definition) is 4. The Labute approximate surface area is 127 Å². The summed E-state index contributed by atoms with van der Waals surface area (Å²) >= 11 is 0. The van der Waals surface area contributed by atoms with E-state index in [-0.39, 0.29) is 17.0 Å². The third kappa shape index (κ3) is 4.20. The molecule has 2 rings (SSSR count). The third-order valence-corrected chi connectivity index (χ3v) is 6.44. The van der Waals surface area contributed by atoms with Crippen molar-refractivity contribution >= 4 is 9.84 Å². The van der Waals surface area contributed by atoms with Gasteiger partial charge in [-0.05, 0) is 37.1 Å². The highest BCUT2D eigenvalue weighted by atomic mass is 32.2. The Hall–Kier alpha value is -1.07. The van der Waals surface area contributed by atoms with Gasteiger partial charge in [-0.3, -0.25) is 0 Å². The first-order valence-electron chi connectivity index (χ1n) is 7.65. The standard InChI is InChI=1S/C16H25NO3S/c1-3-17-16(13-7-6-8-14(11-13)20-2)12-21(18,19)15-9-4-5-10-15/h6-8,11,15-17H,3-5,9-10,12H2,1-2H3. The van der Waals surface area contributed by atoms with Crippen molar-refractivity contribution < 1.29 is 13.2 Å². The first-order chi connectivity index (χ1) is 10.1. The maximum absolute atomic E-state index is 12.6. The molecule has 4 nitrogen and oxygen atoms in total. The van der Waals surface area contributed by atoms with Crippen LogP contribution in [0.4, 0.5) is 0 Å². The van der Waals surface area contributed by atoms with Gasteiger partial charge in [-0.1, -0.05) is 31.9 Å². The number of sulfone groups is 1. The van der Waals surface area contributed by atoms with E-state index >= 15 is 0 Å². The average molecular weight is 311 g/mol. The minimum absolute atomic E-state index is 0.149. The van der Waals surface area contributed by atoms with Crippen molar-refractivity contribution in [3.8, 4) is 5.75 Å². The van der Waals surface area contributed by atoms with E-state index in [1.807, 2.05) is 31.2 Å². The van der Waals surface area contributed by atoms with Crippen molar-refractivity contribution in [2.24, 2.45) is 0 Å². The van der Waals surface area contributed by atoms with Gasteiger partial charge in [-0.2, -0.15) is 0 Å². The average Bonchev–Trinajstić information content (AvgIpc) is 3.02. The summed E-state index contributed by atoms with van der Waals surface area (Å²) < 4.78 is 30.4. The number of benzene rings is 1. The molecule has 1 unspecified atom stereocenters. The summed E-state index contributed by atoms with van der Waals surface area (Å²) in [7, 11) is -1.43. The lowest BCUT2D eigenvalue weighted by atomic mass is 10.1. The SMILES string of the molecule is CCNC(CS(=O)(=O)C1CCCC1)c1cccc(OC)c1. The number of nitrogens with one attached hydrogen (secondary N) is 1. The van der Waals surface area contributed by atoms with E-state index in [9.17, 15) is 8.42 Å². The first-order valence-corrected chi connectivity index (χ1v) is 9.37. The molecule has 0 amide bonds. The van der Waals surface area contributed by atoms with Crippen molar-refractivity contribution in [2.75, 3.05) is 19.4 Å². The Morgan fingerprint density at radius 1 is 1.33 bits per heavy atom. The molecule has 1 saturated carbocycles. The molecule has 5 heteroatoms. The van der Waals surface area contributed by atoms with E-state index in [0.29, 0.717) is 0 Å². The Morgan fingerprint density at radius 2 is 2.05 bits per heavy atom. The van der Waals surface area contributed by atoms with Crippen molar-refractivity contribution in [3.63, 3.8) is 0 Å². The maximum atomic E-state index is 12.6. The van der Waals surface area contributed by atoms with Crippen molar-refractivity contribution in [3.05, 3.63) is 29.8 Å². The molecular formula is C16H25NO3S. The van der Waals surface area contributed by atoms with Gasteiger partial charge in [-0.15, -0.1) is 0 Å². The minimum atomic E-state index is -3.05. The quantitative estimate of drug-likeness (QED) is 0.841. The van der Waals surface area contributed by atoms with Crippen LogP contribution in [0.25, 0.3) is 0 Å². The molecule has 1 aliphatic carbocycles. The molecule has 0 spiro atoms. The number of rotatable bonds is 7. The molecule has 118 valence electrons. The van der Waals surface area contributed by atoms with Gasteiger partial charge in [0, 0.05) is 6.04 Å². The van der Waals surface area contributed by atoms with Crippen molar-refractivity contribution in [1.82, 2.24) is 5.32 Å². The van der Waals surface area contributed by atoms with Crippen LogP contribution in [0.5, 0.6) is 5.75 Å². The van der Waals surface area contributed by atoms with Crippen molar-refractivity contribution in [2.45, 2.75) is 43.9 Å². The predicted molar refractivity (Wildman–Crippen MR) is 85.5 cm³/mol. The highest BCUT2D eigenvalue weighted by Crippen LogP contribution is 2.28. The molecule has 1 atom stereocenters. The number of methoxy groups -OCH3 is 1. The molecule has 0 aliphatic heterocycles. The smallest absolute Gasteiger partial charge is 0.155 e. The van der Waals surface area contributed by atoms with Crippen molar-refractivity contribution in [1.29, 1.82) is 0 Å². The monoisotopic (exact) mass is 311 g/mol. The summed E-state index contributed by atoms with van der Waals surface area (Å²) in [5.41, 5.74) is 0.970. The van der Waals surface area contributed by atoms with Gasteiger partial charge in [0.2, 0.25) is 0 Å². The summed E-state index contributed by atoms with van der Waals surface area (Å²) in [4.78, 5) is 0. The maximum Gasteiger partial charge on any atom is 0.155 e. The summed E-state index contributed by atoms with van der Waals surface area (Å²) in [5.74, 6) is 0.923. The molecule has 0 bridgehead atoms. The molecule has 1 N–H and O–H groups in total. The lowest BCUT2D eigenvalue weighted by molar-refractivity contribution is 0.413. The fraction of sp³-hybridized carbons (Fsp3) is 0.625. The Bertz CT molecular complexity index is 550. The van der Waals surface area contributed by atoms with E-state index in [0.717, 1.165) is 43.5 Å². The topological polar surface area (TPSA) is 55.4 Å². The van der Waals surface area contributed by atoms with Crippen LogP contribution < -0.4 is 10.1 Å². The molecule has 0 heterocycles. The van der Waals surface area contributed by atoms with E-state index in [4.69, 9.17) is 4.74 Å². The van der Waals surface area contributed by atoms with Crippen LogP contribution in [0.1, 0.15) is 44.2 Å². The van der Waals surface area contributed by atoms with Gasteiger partial charge >= 0.3 is 0 Å². The molecule has 0 saturated heterocycles. The summed E-state index contributed by atoms with van der Waals surface area (Å²) in [6.07, 6.45) is 3.71. The second-order valence-corrected chi connectivity index (χ2v) is 7.95. The van der Waals surface area contributed by atoms with E-state index < -0.39 is 9.84 Å². The zero-order valence-electron chi connectivity index (χ0n) is 12.8. The molecule has 1 aromatic rings. The lowest BCUT2D eigenvalue weighted by Crippen LogP contribution is -2.32. The number of ether oxygens (including phenoxy) is 1. The van der Waals surface area contributed by atoms with Crippen LogP contribution in [0.2, 0.25) is 0 Å². The Morgan fingerprint density at radius 3 is 2.67 bits per heavy atom. The molecule has 1 aliphatic rings. The van der Waals surface area contributed by atoms with E-state index in [2.05, 4.69) is 5.32 Å². The van der Waals surface area contributed by atoms with E-state index in [1.54, 1.807) is 7.11 Å². The summed E-state index contributed by atoms with van der Waals surface area (Å²) in [5, 5.41) is 3.15. The van der Waals surface area contributed by atoms with Gasteiger partial charge in [0.15, 0.2) is 9.84 Å². The molecule has 0 aromatic heterocycles. The highest BCUT2D eigenvalue weighted by Gasteiger charge is 2.31. The van der Waals surface area contributed by atoms with Crippen LogP contribution in [0, 0.1) is 0 Å². The molecule has 0 radical (unpaired) electrons. The number of hydrogen-bond donors (Lipinski definition) is 1. The summed E-state index contributed by atoms with van der Waals surface area (Å²) in [6, 6.07) is 7.48. The largest absolute Gasteiger partial charge is 0.497 e. The van der Waals surface area contributed by atoms with Gasteiger partial charge in [0.25, 0.3) is 0 Å². The third-order valence-electron chi connectivity index (χ3n) is 4.16. The zero-order valence-corrected chi connectivity index (χ0v) is 13.7. The molecule has 21 heavy (non-hydrogen) atoms. The molecule has 1 fully saturated rings. The van der Waals surface area contributed by atoms with Gasteiger partial charge in [-0.25, -0.2) is 8.42 Å². The second kappa shape index (κ2) is 7.27. The van der Waals surface area contributed by atoms with Crippen LogP contribution in [-0.4, -0.2) is 33.1 Å². The first kappa shape index (κ1) is 16.3. The zero-order chi connectivity index (χ0) is 15.3. The lowest BCUT2D eigenvalue weighted by Gasteiger charge is -2.21. The fourth-order valence-electron chi connectivity index (χ4n) is 2.99. The van der Waals surface area contributed by atoms with Gasteiger partial charge < -0.3 is 10.1 Å². The Kier molecular flexibility index (Phi) is 5.65. The van der Waals surface area contributed by atoms with Crippen LogP contribution in [-0.2, 0) is 9.84 Å². The van der Waals surface area contributed by atoms with Gasteiger partial charge in [0.1, 0.15) is 5.75 Å². The highest BCUT2D eigenvalue weighted by molar-refractivity contribution is 7.92. The van der Waals surface area contributed by atoms with Gasteiger partial charge in [0.05, 0.1) is 18.1 Å². The fourth-order valence-corrected chi connectivity index (χ4v) is 5.09. The Balaban J connectivity index is 2.18. The molecule has 1 aromatic carbocycles. The second-order valence-electron chi connectivity index (χ2n) is 5.62. The van der Waals surface area contributed by atoms with Crippen LogP contribution >= 0.6 is 0 Å². The predicted octanol–water partition coefficient (Wildman–Crippen LogP) is 2.70. The summed E-state index contributed by atoms with van der Waals surface area (Å²) in [6.45, 7) is 2.73. The van der Waals surface area contributed by atoms with Crippen LogP contribution in [0.3, 0.4) is 0 Å².